The first-order chi connectivity index (χ1) is 8.34. The highest BCUT2D eigenvalue weighted by molar-refractivity contribution is 5.82. The molecule has 0 aromatic rings. The van der Waals surface area contributed by atoms with Gasteiger partial charge in [0.05, 0.1) is 6.04 Å². The predicted molar refractivity (Wildman–Crippen MR) is 66.8 cm³/mol. The van der Waals surface area contributed by atoms with E-state index >= 15 is 0 Å². The zero-order chi connectivity index (χ0) is 11.7. The van der Waals surface area contributed by atoms with Crippen molar-refractivity contribution in [2.24, 2.45) is 0 Å². The first-order valence-corrected chi connectivity index (χ1v) is 7.12. The van der Waals surface area contributed by atoms with E-state index in [0.717, 1.165) is 25.8 Å². The highest BCUT2D eigenvalue weighted by atomic mass is 16.2. The van der Waals surface area contributed by atoms with Crippen LogP contribution in [0.2, 0.25) is 0 Å². The summed E-state index contributed by atoms with van der Waals surface area (Å²) >= 11 is 0. The summed E-state index contributed by atoms with van der Waals surface area (Å²) in [7, 11) is 0. The summed E-state index contributed by atoms with van der Waals surface area (Å²) in [6.45, 7) is 3.41. The third-order valence-corrected chi connectivity index (χ3v) is 4.56. The molecule has 0 saturated carbocycles. The summed E-state index contributed by atoms with van der Waals surface area (Å²) in [4.78, 5) is 14.6. The van der Waals surface area contributed by atoms with Crippen molar-refractivity contribution in [3.63, 3.8) is 0 Å². The highest BCUT2D eigenvalue weighted by Crippen LogP contribution is 2.27. The zero-order valence-electron chi connectivity index (χ0n) is 10.5. The van der Waals surface area contributed by atoms with Gasteiger partial charge >= 0.3 is 0 Å². The van der Waals surface area contributed by atoms with Gasteiger partial charge in [-0.05, 0) is 45.2 Å². The Morgan fingerprint density at radius 2 is 2.06 bits per heavy atom. The lowest BCUT2D eigenvalue weighted by Crippen LogP contribution is -2.51. The van der Waals surface area contributed by atoms with E-state index in [0.29, 0.717) is 12.1 Å². The maximum Gasteiger partial charge on any atom is 0.237 e. The Morgan fingerprint density at radius 1 is 1.12 bits per heavy atom. The van der Waals surface area contributed by atoms with E-state index in [2.05, 4.69) is 15.5 Å². The van der Waals surface area contributed by atoms with E-state index in [1.54, 1.807) is 0 Å². The van der Waals surface area contributed by atoms with Crippen molar-refractivity contribution in [3.8, 4) is 0 Å². The highest BCUT2D eigenvalue weighted by Gasteiger charge is 2.37. The second-order valence-corrected chi connectivity index (χ2v) is 5.65. The number of piperidine rings is 1. The lowest BCUT2D eigenvalue weighted by atomic mass is 9.99. The molecule has 0 aliphatic carbocycles. The summed E-state index contributed by atoms with van der Waals surface area (Å²) in [6, 6.07) is 1.10. The van der Waals surface area contributed by atoms with Gasteiger partial charge in [-0.2, -0.15) is 0 Å². The molecule has 3 heterocycles. The lowest BCUT2D eigenvalue weighted by Gasteiger charge is -2.32. The van der Waals surface area contributed by atoms with Crippen LogP contribution in [0.3, 0.4) is 0 Å². The van der Waals surface area contributed by atoms with Crippen molar-refractivity contribution >= 4 is 5.91 Å². The fourth-order valence-corrected chi connectivity index (χ4v) is 3.61. The molecule has 96 valence electrons. The molecule has 0 spiro atoms. The van der Waals surface area contributed by atoms with Crippen LogP contribution in [0.5, 0.6) is 0 Å². The summed E-state index contributed by atoms with van der Waals surface area (Å²) in [6.07, 6.45) is 7.22. The van der Waals surface area contributed by atoms with Crippen LogP contribution in [0, 0.1) is 0 Å². The van der Waals surface area contributed by atoms with Crippen LogP contribution in [-0.2, 0) is 4.79 Å². The average Bonchev–Trinajstić information content (AvgIpc) is 2.98. The van der Waals surface area contributed by atoms with Gasteiger partial charge in [0.1, 0.15) is 0 Å². The number of nitrogens with zero attached hydrogens (tertiary/aromatic N) is 1. The average molecular weight is 237 g/mol. The number of amides is 1. The fraction of sp³-hybridized carbons (Fsp3) is 0.923. The van der Waals surface area contributed by atoms with Gasteiger partial charge < -0.3 is 10.6 Å². The van der Waals surface area contributed by atoms with Gasteiger partial charge in [0, 0.05) is 18.6 Å². The first-order valence-electron chi connectivity index (χ1n) is 7.12. The smallest absolute Gasteiger partial charge is 0.237 e. The second kappa shape index (κ2) is 4.94. The molecule has 17 heavy (non-hydrogen) atoms. The van der Waals surface area contributed by atoms with E-state index in [-0.39, 0.29) is 11.9 Å². The molecule has 3 rings (SSSR count). The van der Waals surface area contributed by atoms with Crippen molar-refractivity contribution in [1.29, 1.82) is 0 Å². The van der Waals surface area contributed by atoms with Crippen LogP contribution in [0.1, 0.15) is 38.5 Å². The molecular formula is C13H23N3O. The van der Waals surface area contributed by atoms with Crippen LogP contribution in [0.15, 0.2) is 0 Å². The number of hydrogen-bond donors (Lipinski definition) is 2. The van der Waals surface area contributed by atoms with Gasteiger partial charge in [-0.1, -0.05) is 6.42 Å². The van der Waals surface area contributed by atoms with E-state index in [1.165, 1.54) is 32.4 Å². The summed E-state index contributed by atoms with van der Waals surface area (Å²) < 4.78 is 0. The van der Waals surface area contributed by atoms with Gasteiger partial charge in [-0.3, -0.25) is 9.69 Å². The molecule has 1 amide bonds. The molecule has 3 atom stereocenters. The van der Waals surface area contributed by atoms with Crippen LogP contribution >= 0.6 is 0 Å². The van der Waals surface area contributed by atoms with Gasteiger partial charge in [-0.15, -0.1) is 0 Å². The number of carbonyl (C=O) groups excluding carboxylic acids is 1. The van der Waals surface area contributed by atoms with Gasteiger partial charge in [-0.25, -0.2) is 0 Å². The van der Waals surface area contributed by atoms with E-state index in [4.69, 9.17) is 0 Å². The second-order valence-electron chi connectivity index (χ2n) is 5.65. The molecular weight excluding hydrogens is 214 g/mol. The normalized spacial score (nSPS) is 38.0. The molecule has 3 saturated heterocycles. The Kier molecular flexibility index (Phi) is 3.34. The van der Waals surface area contributed by atoms with Crippen molar-refractivity contribution in [2.45, 2.75) is 56.7 Å². The Bertz CT molecular complexity index is 288. The van der Waals surface area contributed by atoms with Crippen LogP contribution in [0.4, 0.5) is 0 Å². The number of nitrogens with one attached hydrogen (secondary N) is 2. The molecule has 0 aromatic heterocycles. The van der Waals surface area contributed by atoms with Crippen molar-refractivity contribution in [1.82, 2.24) is 15.5 Å². The quantitative estimate of drug-likeness (QED) is 0.734. The molecule has 2 unspecified atom stereocenters. The number of rotatable bonds is 2. The Labute approximate surface area is 103 Å². The summed E-state index contributed by atoms with van der Waals surface area (Å²) in [5, 5.41) is 6.55. The third kappa shape index (κ3) is 2.33. The molecule has 2 N–H and O–H groups in total. The standard InChI is InChI=1S/C13H23N3O/c17-13(11-4-3-7-14-11)15-10-6-9-16-8-2-1-5-12(10)16/h10-12,14H,1-9H2,(H,15,17)/t10?,11-,12?/m0/s1. The number of carbonyl (C=O) groups is 1. The third-order valence-electron chi connectivity index (χ3n) is 4.56. The maximum absolute atomic E-state index is 12.1. The molecule has 3 aliphatic rings. The molecule has 3 fully saturated rings. The van der Waals surface area contributed by atoms with Crippen LogP contribution in [-0.4, -0.2) is 48.6 Å². The minimum atomic E-state index is 0.0765. The van der Waals surface area contributed by atoms with E-state index < -0.39 is 0 Å². The molecule has 0 aromatic carbocycles. The van der Waals surface area contributed by atoms with Crippen LogP contribution < -0.4 is 10.6 Å². The zero-order valence-corrected chi connectivity index (χ0v) is 10.5. The Hall–Kier alpha value is -0.610. The summed E-state index contributed by atoms with van der Waals surface area (Å²) in [5.41, 5.74) is 0. The molecule has 0 radical (unpaired) electrons. The minimum absolute atomic E-state index is 0.0765. The topological polar surface area (TPSA) is 44.4 Å². The fourth-order valence-electron chi connectivity index (χ4n) is 3.61. The largest absolute Gasteiger partial charge is 0.350 e. The van der Waals surface area contributed by atoms with Gasteiger partial charge in [0.25, 0.3) is 0 Å². The Balaban J connectivity index is 1.56. The van der Waals surface area contributed by atoms with Crippen molar-refractivity contribution < 1.29 is 4.79 Å². The monoisotopic (exact) mass is 237 g/mol. The van der Waals surface area contributed by atoms with Gasteiger partial charge in [0.2, 0.25) is 5.91 Å². The molecule has 0 bridgehead atoms. The number of hydrogen-bond acceptors (Lipinski definition) is 3. The van der Waals surface area contributed by atoms with Crippen molar-refractivity contribution in [2.75, 3.05) is 19.6 Å². The maximum atomic E-state index is 12.1. The van der Waals surface area contributed by atoms with E-state index in [9.17, 15) is 4.79 Å². The predicted octanol–water partition coefficient (Wildman–Crippen LogP) is 0.481. The Morgan fingerprint density at radius 3 is 2.88 bits per heavy atom. The van der Waals surface area contributed by atoms with Gasteiger partial charge in [0.15, 0.2) is 0 Å². The van der Waals surface area contributed by atoms with E-state index in [1.807, 2.05) is 0 Å². The summed E-state index contributed by atoms with van der Waals surface area (Å²) in [5.74, 6) is 0.236. The molecule has 4 heteroatoms. The first kappa shape index (κ1) is 11.5. The lowest BCUT2D eigenvalue weighted by molar-refractivity contribution is -0.123. The number of fused-ring (bicyclic) bond motifs is 1. The van der Waals surface area contributed by atoms with Crippen molar-refractivity contribution in [3.05, 3.63) is 0 Å². The molecule has 4 nitrogen and oxygen atoms in total. The minimum Gasteiger partial charge on any atom is -0.350 e. The SMILES string of the molecule is O=C(NC1CCN2CCCCC12)[C@@H]1CCCN1. The van der Waals surface area contributed by atoms with Crippen LogP contribution in [0.25, 0.3) is 0 Å². The molecule has 3 aliphatic heterocycles.